The fourth-order valence-corrected chi connectivity index (χ4v) is 2.80. The van der Waals surface area contributed by atoms with Crippen molar-refractivity contribution in [3.63, 3.8) is 0 Å². The summed E-state index contributed by atoms with van der Waals surface area (Å²) in [6, 6.07) is 12.7. The van der Waals surface area contributed by atoms with E-state index < -0.39 is 17.6 Å². The predicted molar refractivity (Wildman–Crippen MR) is 110 cm³/mol. The molecule has 0 heterocycles. The number of hydrogen-bond acceptors (Lipinski definition) is 3. The van der Waals surface area contributed by atoms with Crippen LogP contribution in [0.1, 0.15) is 29.8 Å². The number of aryl methyl sites for hydroxylation is 1. The topological polar surface area (TPSA) is 78.5 Å². The maximum absolute atomic E-state index is 13.4. The lowest BCUT2D eigenvalue weighted by Crippen LogP contribution is -2.44. The lowest BCUT2D eigenvalue weighted by Gasteiger charge is -2.24. The minimum absolute atomic E-state index is 0.116. The van der Waals surface area contributed by atoms with E-state index in [0.29, 0.717) is 12.2 Å². The van der Waals surface area contributed by atoms with E-state index in [1.54, 1.807) is 6.07 Å². The van der Waals surface area contributed by atoms with E-state index in [-0.39, 0.29) is 30.5 Å². The molecular formula is C22H26FN3O3. The molecule has 0 bridgehead atoms. The Balaban J connectivity index is 1.93. The summed E-state index contributed by atoms with van der Waals surface area (Å²) in [6.07, 6.45) is 0. The molecular weight excluding hydrogens is 373 g/mol. The quantitative estimate of drug-likeness (QED) is 0.716. The highest BCUT2D eigenvalue weighted by Crippen LogP contribution is 2.10. The van der Waals surface area contributed by atoms with Crippen LogP contribution >= 0.6 is 0 Å². The molecule has 0 saturated heterocycles. The van der Waals surface area contributed by atoms with Gasteiger partial charge in [-0.05, 0) is 48.7 Å². The van der Waals surface area contributed by atoms with Gasteiger partial charge in [-0.2, -0.15) is 0 Å². The number of rotatable bonds is 8. The zero-order chi connectivity index (χ0) is 21.4. The first kappa shape index (κ1) is 22.1. The second kappa shape index (κ2) is 10.4. The van der Waals surface area contributed by atoms with Crippen LogP contribution in [-0.2, 0) is 9.59 Å². The highest BCUT2D eigenvalue weighted by molar-refractivity contribution is 5.98. The van der Waals surface area contributed by atoms with E-state index >= 15 is 0 Å². The summed E-state index contributed by atoms with van der Waals surface area (Å²) in [5, 5.41) is 5.22. The van der Waals surface area contributed by atoms with Crippen molar-refractivity contribution in [2.24, 2.45) is 5.92 Å². The largest absolute Gasteiger partial charge is 0.345 e. The summed E-state index contributed by atoms with van der Waals surface area (Å²) >= 11 is 0. The summed E-state index contributed by atoms with van der Waals surface area (Å²) < 4.78 is 13.4. The standard InChI is InChI=1S/C22H26FN3O3/c1-15(2)13-26(22(29)17-7-5-8-18(23)11-17)14-21(28)24-12-20(27)25-19-9-4-6-16(3)10-19/h4-11,15H,12-14H2,1-3H3,(H,24,28)(H,25,27). The van der Waals surface area contributed by atoms with E-state index in [1.165, 1.54) is 23.1 Å². The first-order valence-corrected chi connectivity index (χ1v) is 9.42. The van der Waals surface area contributed by atoms with Gasteiger partial charge in [0, 0.05) is 17.8 Å². The van der Waals surface area contributed by atoms with Crippen LogP contribution in [0.25, 0.3) is 0 Å². The summed E-state index contributed by atoms with van der Waals surface area (Å²) in [7, 11) is 0. The Morgan fingerprint density at radius 3 is 2.41 bits per heavy atom. The number of carbonyl (C=O) groups excluding carboxylic acids is 3. The van der Waals surface area contributed by atoms with Gasteiger partial charge in [0.1, 0.15) is 5.82 Å². The third kappa shape index (κ3) is 7.37. The molecule has 0 saturated carbocycles. The van der Waals surface area contributed by atoms with Crippen LogP contribution in [0.5, 0.6) is 0 Å². The van der Waals surface area contributed by atoms with E-state index in [0.717, 1.165) is 11.6 Å². The first-order chi connectivity index (χ1) is 13.7. The zero-order valence-electron chi connectivity index (χ0n) is 16.9. The second-order valence-electron chi connectivity index (χ2n) is 7.28. The molecule has 29 heavy (non-hydrogen) atoms. The van der Waals surface area contributed by atoms with Crippen molar-refractivity contribution in [1.82, 2.24) is 10.2 Å². The minimum atomic E-state index is -0.516. The molecule has 6 nitrogen and oxygen atoms in total. The Kier molecular flexibility index (Phi) is 7.88. The minimum Gasteiger partial charge on any atom is -0.345 e. The van der Waals surface area contributed by atoms with Crippen molar-refractivity contribution >= 4 is 23.4 Å². The van der Waals surface area contributed by atoms with Gasteiger partial charge in [0.2, 0.25) is 11.8 Å². The molecule has 0 atom stereocenters. The molecule has 0 spiro atoms. The first-order valence-electron chi connectivity index (χ1n) is 9.42. The van der Waals surface area contributed by atoms with Crippen LogP contribution in [-0.4, -0.2) is 42.3 Å². The van der Waals surface area contributed by atoms with Crippen molar-refractivity contribution in [2.45, 2.75) is 20.8 Å². The van der Waals surface area contributed by atoms with E-state index in [4.69, 9.17) is 0 Å². The maximum atomic E-state index is 13.4. The molecule has 0 unspecified atom stereocenters. The van der Waals surface area contributed by atoms with Gasteiger partial charge >= 0.3 is 0 Å². The SMILES string of the molecule is Cc1cccc(NC(=O)CNC(=O)CN(CC(C)C)C(=O)c2cccc(F)c2)c1. The molecule has 0 fully saturated rings. The van der Waals surface area contributed by atoms with E-state index in [9.17, 15) is 18.8 Å². The molecule has 0 aliphatic carbocycles. The van der Waals surface area contributed by atoms with Gasteiger partial charge in [0.15, 0.2) is 0 Å². The molecule has 0 aromatic heterocycles. The normalized spacial score (nSPS) is 10.5. The molecule has 3 amide bonds. The van der Waals surface area contributed by atoms with Crippen LogP contribution in [0.4, 0.5) is 10.1 Å². The summed E-state index contributed by atoms with van der Waals surface area (Å²) in [6.45, 7) is 5.65. The number of amides is 3. The molecule has 2 N–H and O–H groups in total. The van der Waals surface area contributed by atoms with Crippen molar-refractivity contribution in [3.8, 4) is 0 Å². The van der Waals surface area contributed by atoms with Crippen LogP contribution < -0.4 is 10.6 Å². The highest BCUT2D eigenvalue weighted by Gasteiger charge is 2.20. The number of anilines is 1. The summed E-state index contributed by atoms with van der Waals surface area (Å²) in [4.78, 5) is 38.4. The second-order valence-corrected chi connectivity index (χ2v) is 7.28. The number of halogens is 1. The third-order valence-corrected chi connectivity index (χ3v) is 4.03. The zero-order valence-corrected chi connectivity index (χ0v) is 16.9. The number of hydrogen-bond donors (Lipinski definition) is 2. The van der Waals surface area contributed by atoms with Crippen LogP contribution in [0, 0.1) is 18.7 Å². The molecule has 0 radical (unpaired) electrons. The van der Waals surface area contributed by atoms with Gasteiger partial charge < -0.3 is 15.5 Å². The highest BCUT2D eigenvalue weighted by atomic mass is 19.1. The van der Waals surface area contributed by atoms with Gasteiger partial charge in [0.05, 0.1) is 13.1 Å². The Labute approximate surface area is 170 Å². The number of benzene rings is 2. The van der Waals surface area contributed by atoms with Crippen molar-refractivity contribution in [2.75, 3.05) is 25.0 Å². The van der Waals surface area contributed by atoms with Gasteiger partial charge in [-0.1, -0.05) is 32.0 Å². The van der Waals surface area contributed by atoms with Crippen LogP contribution in [0.3, 0.4) is 0 Å². The van der Waals surface area contributed by atoms with Crippen molar-refractivity contribution < 1.29 is 18.8 Å². The van der Waals surface area contributed by atoms with Gasteiger partial charge in [-0.15, -0.1) is 0 Å². The van der Waals surface area contributed by atoms with Crippen LogP contribution in [0.15, 0.2) is 48.5 Å². The fourth-order valence-electron chi connectivity index (χ4n) is 2.80. The van der Waals surface area contributed by atoms with Gasteiger partial charge in [0.25, 0.3) is 5.91 Å². The number of nitrogens with zero attached hydrogens (tertiary/aromatic N) is 1. The van der Waals surface area contributed by atoms with Crippen LogP contribution in [0.2, 0.25) is 0 Å². The lowest BCUT2D eigenvalue weighted by atomic mass is 10.1. The van der Waals surface area contributed by atoms with Crippen molar-refractivity contribution in [3.05, 3.63) is 65.5 Å². The Morgan fingerprint density at radius 1 is 1.03 bits per heavy atom. The predicted octanol–water partition coefficient (Wildman–Crippen LogP) is 2.99. The molecule has 7 heteroatoms. The maximum Gasteiger partial charge on any atom is 0.254 e. The monoisotopic (exact) mass is 399 g/mol. The van der Waals surface area contributed by atoms with E-state index in [2.05, 4.69) is 10.6 Å². The number of nitrogens with one attached hydrogen (secondary N) is 2. The Bertz CT molecular complexity index is 883. The molecule has 154 valence electrons. The number of carbonyl (C=O) groups is 3. The lowest BCUT2D eigenvalue weighted by molar-refractivity contribution is -0.124. The van der Waals surface area contributed by atoms with E-state index in [1.807, 2.05) is 39.0 Å². The average Bonchev–Trinajstić information content (AvgIpc) is 2.65. The molecule has 2 rings (SSSR count). The average molecular weight is 399 g/mol. The Hall–Kier alpha value is -3.22. The summed E-state index contributed by atoms with van der Waals surface area (Å²) in [5.41, 5.74) is 1.83. The molecule has 2 aromatic rings. The molecule has 2 aromatic carbocycles. The fraction of sp³-hybridized carbons (Fsp3) is 0.318. The molecule has 0 aliphatic heterocycles. The van der Waals surface area contributed by atoms with Gasteiger partial charge in [-0.3, -0.25) is 14.4 Å². The third-order valence-electron chi connectivity index (χ3n) is 4.03. The molecule has 0 aliphatic rings. The summed E-state index contributed by atoms with van der Waals surface area (Å²) in [5.74, 6) is -1.66. The van der Waals surface area contributed by atoms with Gasteiger partial charge in [-0.25, -0.2) is 4.39 Å². The smallest absolute Gasteiger partial charge is 0.254 e. The Morgan fingerprint density at radius 2 is 1.76 bits per heavy atom. The van der Waals surface area contributed by atoms with Crippen molar-refractivity contribution in [1.29, 1.82) is 0 Å².